The van der Waals surface area contributed by atoms with Crippen LogP contribution in [0.4, 0.5) is 14.9 Å². The summed E-state index contributed by atoms with van der Waals surface area (Å²) in [5.41, 5.74) is 3.27. The summed E-state index contributed by atoms with van der Waals surface area (Å²) in [4.78, 5) is 40.5. The van der Waals surface area contributed by atoms with E-state index in [1.165, 1.54) is 12.1 Å². The lowest BCUT2D eigenvalue weighted by Crippen LogP contribution is -2.36. The number of para-hydroxylation sites is 1. The second kappa shape index (κ2) is 10.7. The maximum Gasteiger partial charge on any atom is 0.294 e. The van der Waals surface area contributed by atoms with Crippen molar-refractivity contribution in [3.05, 3.63) is 101 Å². The number of thioether (sulfide) groups is 2. The van der Waals surface area contributed by atoms with E-state index in [-0.39, 0.29) is 17.3 Å². The molecule has 1 aliphatic rings. The number of carbonyl (C=O) groups excluding carboxylic acids is 3. The van der Waals surface area contributed by atoms with Gasteiger partial charge in [-0.3, -0.25) is 19.3 Å². The van der Waals surface area contributed by atoms with E-state index in [2.05, 4.69) is 5.32 Å². The van der Waals surface area contributed by atoms with E-state index in [0.717, 1.165) is 43.6 Å². The topological polar surface area (TPSA) is 71.4 Å². The molecule has 1 N–H and O–H groups in total. The molecule has 1 aliphatic heterocycles. The van der Waals surface area contributed by atoms with E-state index in [9.17, 15) is 18.8 Å². The van der Waals surface area contributed by atoms with Crippen LogP contribution in [0.15, 0.2) is 88.8 Å². The van der Waals surface area contributed by atoms with E-state index >= 15 is 0 Å². The molecule has 0 aliphatic carbocycles. The quantitative estimate of drug-likeness (QED) is 0.226. The van der Waals surface area contributed by atoms with Gasteiger partial charge in [0.25, 0.3) is 11.1 Å². The molecule has 9 heteroatoms. The first-order chi connectivity index (χ1) is 17.9. The van der Waals surface area contributed by atoms with Crippen molar-refractivity contribution >= 4 is 63.2 Å². The molecular formula is C28H22FN3O3S2. The van der Waals surface area contributed by atoms with Crippen LogP contribution in [-0.2, 0) is 16.1 Å². The predicted octanol–water partition coefficient (Wildman–Crippen LogP) is 6.23. The van der Waals surface area contributed by atoms with Crippen LogP contribution in [0, 0.1) is 5.82 Å². The third-order valence-corrected chi connectivity index (χ3v) is 7.53. The minimum Gasteiger partial charge on any atom is -0.342 e. The summed E-state index contributed by atoms with van der Waals surface area (Å²) >= 11 is 2.37. The van der Waals surface area contributed by atoms with Gasteiger partial charge in [0.15, 0.2) is 0 Å². The molecule has 1 saturated heterocycles. The number of amides is 3. The summed E-state index contributed by atoms with van der Waals surface area (Å²) in [6, 6.07) is 21.4. The van der Waals surface area contributed by atoms with Crippen molar-refractivity contribution in [1.82, 2.24) is 9.47 Å². The summed E-state index contributed by atoms with van der Waals surface area (Å²) < 4.78 is 15.3. The number of anilines is 1. The lowest BCUT2D eigenvalue weighted by atomic mass is 10.1. The molecule has 37 heavy (non-hydrogen) atoms. The van der Waals surface area contributed by atoms with Gasteiger partial charge < -0.3 is 9.88 Å². The van der Waals surface area contributed by atoms with Crippen LogP contribution >= 0.6 is 23.5 Å². The summed E-state index contributed by atoms with van der Waals surface area (Å²) in [5.74, 6) is -1.24. The van der Waals surface area contributed by atoms with Gasteiger partial charge in [0.1, 0.15) is 12.4 Å². The zero-order valence-electron chi connectivity index (χ0n) is 19.8. The largest absolute Gasteiger partial charge is 0.342 e. The Morgan fingerprint density at radius 1 is 1.05 bits per heavy atom. The fraction of sp³-hybridized carbons (Fsp3) is 0.107. The van der Waals surface area contributed by atoms with Crippen LogP contribution in [0.5, 0.6) is 0 Å². The first-order valence-corrected chi connectivity index (χ1v) is 13.5. The van der Waals surface area contributed by atoms with Crippen molar-refractivity contribution in [2.24, 2.45) is 0 Å². The average Bonchev–Trinajstić information content (AvgIpc) is 3.37. The summed E-state index contributed by atoms with van der Waals surface area (Å²) in [6.07, 6.45) is 5.54. The normalized spacial score (nSPS) is 14.6. The number of hydrogen-bond acceptors (Lipinski definition) is 5. The standard InChI is InChI=1S/C28H22FN3O3S2/c1-36-22-6-4-5-21(14-22)30-26(33)17-32-27(34)25(37-28(32)35)13-19-16-31(24-8-3-2-7-23(19)24)15-18-9-11-20(29)12-10-18/h2-14,16H,15,17H2,1H3,(H,30,33)/b25-13-. The number of fused-ring (bicyclic) bond motifs is 1. The van der Waals surface area contributed by atoms with Gasteiger partial charge in [0, 0.05) is 39.8 Å². The summed E-state index contributed by atoms with van der Waals surface area (Å²) in [5, 5.41) is 3.18. The Balaban J connectivity index is 1.36. The molecule has 6 nitrogen and oxygen atoms in total. The third-order valence-electron chi connectivity index (χ3n) is 5.90. The first kappa shape index (κ1) is 24.9. The van der Waals surface area contributed by atoms with Crippen molar-refractivity contribution in [1.29, 1.82) is 0 Å². The highest BCUT2D eigenvalue weighted by atomic mass is 32.2. The van der Waals surface area contributed by atoms with Crippen molar-refractivity contribution in [3.8, 4) is 0 Å². The number of benzene rings is 3. The van der Waals surface area contributed by atoms with E-state index in [1.807, 2.05) is 59.5 Å². The highest BCUT2D eigenvalue weighted by Gasteiger charge is 2.36. The number of halogens is 1. The smallest absolute Gasteiger partial charge is 0.294 e. The van der Waals surface area contributed by atoms with E-state index in [4.69, 9.17) is 0 Å². The first-order valence-electron chi connectivity index (χ1n) is 11.4. The van der Waals surface area contributed by atoms with Crippen LogP contribution in [0.25, 0.3) is 17.0 Å². The Bertz CT molecular complexity index is 1550. The molecule has 4 aromatic rings. The van der Waals surface area contributed by atoms with Gasteiger partial charge in [0.05, 0.1) is 4.91 Å². The van der Waals surface area contributed by atoms with Gasteiger partial charge >= 0.3 is 0 Å². The van der Waals surface area contributed by atoms with Gasteiger partial charge in [-0.2, -0.15) is 0 Å². The molecule has 2 heterocycles. The molecule has 5 rings (SSSR count). The van der Waals surface area contributed by atoms with E-state index < -0.39 is 17.1 Å². The summed E-state index contributed by atoms with van der Waals surface area (Å²) in [6.45, 7) is 0.159. The van der Waals surface area contributed by atoms with Gasteiger partial charge in [0.2, 0.25) is 5.91 Å². The lowest BCUT2D eigenvalue weighted by Gasteiger charge is -2.12. The highest BCUT2D eigenvalue weighted by molar-refractivity contribution is 8.18. The fourth-order valence-corrected chi connectivity index (χ4v) is 5.42. The Hall–Kier alpha value is -3.82. The molecule has 0 radical (unpaired) electrons. The maximum absolute atomic E-state index is 13.3. The zero-order chi connectivity index (χ0) is 25.9. The fourth-order valence-electron chi connectivity index (χ4n) is 4.13. The van der Waals surface area contributed by atoms with Crippen LogP contribution in [0.1, 0.15) is 11.1 Å². The van der Waals surface area contributed by atoms with Crippen LogP contribution in [0.2, 0.25) is 0 Å². The SMILES string of the molecule is CSc1cccc(NC(=O)CN2C(=O)S/C(=C\c3cn(Cc4ccc(F)cc4)c4ccccc34)C2=O)c1. The molecule has 3 amide bonds. The molecule has 186 valence electrons. The Labute approximate surface area is 221 Å². The van der Waals surface area contributed by atoms with Crippen molar-refractivity contribution in [2.45, 2.75) is 11.4 Å². The van der Waals surface area contributed by atoms with E-state index in [1.54, 1.807) is 36.0 Å². The predicted molar refractivity (Wildman–Crippen MR) is 147 cm³/mol. The van der Waals surface area contributed by atoms with Crippen molar-refractivity contribution < 1.29 is 18.8 Å². The minimum atomic E-state index is -0.501. The molecular weight excluding hydrogens is 509 g/mol. The van der Waals surface area contributed by atoms with Crippen molar-refractivity contribution in [3.63, 3.8) is 0 Å². The number of nitrogens with zero attached hydrogens (tertiary/aromatic N) is 2. The van der Waals surface area contributed by atoms with Crippen molar-refractivity contribution in [2.75, 3.05) is 18.1 Å². The lowest BCUT2D eigenvalue weighted by molar-refractivity contribution is -0.127. The van der Waals surface area contributed by atoms with Crippen LogP contribution in [-0.4, -0.2) is 39.3 Å². The Morgan fingerprint density at radius 3 is 2.62 bits per heavy atom. The minimum absolute atomic E-state index is 0.256. The zero-order valence-corrected chi connectivity index (χ0v) is 21.4. The molecule has 0 unspecified atom stereocenters. The van der Waals surface area contributed by atoms with Crippen LogP contribution in [0.3, 0.4) is 0 Å². The van der Waals surface area contributed by atoms with E-state index in [0.29, 0.717) is 12.2 Å². The second-order valence-electron chi connectivity index (χ2n) is 8.40. The molecule has 0 atom stereocenters. The molecule has 1 fully saturated rings. The Kier molecular flexibility index (Phi) is 7.16. The molecule has 0 saturated carbocycles. The van der Waals surface area contributed by atoms with Gasteiger partial charge in [-0.15, -0.1) is 11.8 Å². The highest BCUT2D eigenvalue weighted by Crippen LogP contribution is 2.34. The number of nitrogens with one attached hydrogen (secondary N) is 1. The number of carbonyl (C=O) groups is 3. The number of aromatic nitrogens is 1. The Morgan fingerprint density at radius 2 is 1.84 bits per heavy atom. The van der Waals surface area contributed by atoms with Gasteiger partial charge in [-0.25, -0.2) is 4.39 Å². The number of rotatable bonds is 7. The maximum atomic E-state index is 13.3. The molecule has 0 spiro atoms. The number of imide groups is 1. The molecule has 0 bridgehead atoms. The molecule has 3 aromatic carbocycles. The van der Waals surface area contributed by atoms with Gasteiger partial charge in [-0.05, 0) is 66.1 Å². The number of hydrogen-bond donors (Lipinski definition) is 1. The second-order valence-corrected chi connectivity index (χ2v) is 10.3. The monoisotopic (exact) mass is 531 g/mol. The average molecular weight is 532 g/mol. The van der Waals surface area contributed by atoms with Gasteiger partial charge in [-0.1, -0.05) is 36.4 Å². The third kappa shape index (κ3) is 5.47. The summed E-state index contributed by atoms with van der Waals surface area (Å²) in [7, 11) is 0. The molecule has 1 aromatic heterocycles. The van der Waals surface area contributed by atoms with Crippen LogP contribution < -0.4 is 5.32 Å².